The van der Waals surface area contributed by atoms with Gasteiger partial charge >= 0.3 is 0 Å². The third-order valence-electron chi connectivity index (χ3n) is 2.20. The summed E-state index contributed by atoms with van der Waals surface area (Å²) >= 11 is 4.84. The Morgan fingerprint density at radius 2 is 2.25 bits per heavy atom. The third kappa shape index (κ3) is 2.77. The molecule has 0 saturated carbocycles. The number of Topliss-reactive ketones (excluding diaryl/α,β-unsaturated/α-hetero) is 1. The van der Waals surface area contributed by atoms with Gasteiger partial charge in [-0.3, -0.25) is 9.78 Å². The van der Waals surface area contributed by atoms with E-state index < -0.39 is 0 Å². The Balaban J connectivity index is 1.97. The number of hydrogen-bond donors (Lipinski definition) is 0. The number of aryl methyl sites for hydroxylation is 1. The smallest absolute Gasteiger partial charge is 0.174 e. The number of aromatic nitrogens is 1. The molecule has 0 fully saturated rings. The lowest BCUT2D eigenvalue weighted by Gasteiger charge is -1.99. The maximum atomic E-state index is 11.9. The molecule has 2 aromatic rings. The molecule has 0 atom stereocenters. The summed E-state index contributed by atoms with van der Waals surface area (Å²) < 4.78 is 0.892. The molecule has 0 N–H and O–H groups in total. The number of nitrogens with zero attached hydrogens (tertiary/aromatic N) is 1. The van der Waals surface area contributed by atoms with E-state index in [1.165, 1.54) is 11.3 Å². The molecule has 0 aliphatic carbocycles. The van der Waals surface area contributed by atoms with Gasteiger partial charge in [-0.15, -0.1) is 11.3 Å². The van der Waals surface area contributed by atoms with Crippen LogP contribution in [0.1, 0.15) is 21.8 Å². The Kier molecular flexibility index (Phi) is 3.85. The van der Waals surface area contributed by atoms with Crippen molar-refractivity contribution in [2.75, 3.05) is 0 Å². The molecule has 82 valence electrons. The summed E-state index contributed by atoms with van der Waals surface area (Å²) in [7, 11) is 0. The van der Waals surface area contributed by atoms with Crippen LogP contribution in [0.3, 0.4) is 0 Å². The van der Waals surface area contributed by atoms with Crippen LogP contribution >= 0.6 is 27.3 Å². The summed E-state index contributed by atoms with van der Waals surface area (Å²) in [6.07, 6.45) is 2.96. The van der Waals surface area contributed by atoms with Crippen molar-refractivity contribution in [3.05, 3.63) is 50.9 Å². The highest BCUT2D eigenvalue weighted by Crippen LogP contribution is 2.24. The molecule has 0 aliphatic heterocycles. The van der Waals surface area contributed by atoms with Crippen molar-refractivity contribution in [1.29, 1.82) is 0 Å². The van der Waals surface area contributed by atoms with Gasteiger partial charge in [0.1, 0.15) is 0 Å². The molecular formula is C12H10BrNOS. The average Bonchev–Trinajstić information content (AvgIpc) is 2.74. The van der Waals surface area contributed by atoms with Crippen LogP contribution in [0.4, 0.5) is 0 Å². The van der Waals surface area contributed by atoms with Crippen molar-refractivity contribution < 1.29 is 4.79 Å². The molecule has 0 saturated heterocycles. The number of carbonyl (C=O) groups excluding carboxylic acids is 1. The van der Waals surface area contributed by atoms with Crippen molar-refractivity contribution in [3.63, 3.8) is 0 Å². The fourth-order valence-electron chi connectivity index (χ4n) is 1.39. The summed E-state index contributed by atoms with van der Waals surface area (Å²) in [4.78, 5) is 16.8. The molecular weight excluding hydrogens is 286 g/mol. The Labute approximate surface area is 106 Å². The molecule has 0 amide bonds. The lowest BCUT2D eigenvalue weighted by Crippen LogP contribution is -2.00. The first kappa shape index (κ1) is 11.5. The SMILES string of the molecule is O=C(CCc1ccccn1)c1sccc1Br. The highest BCUT2D eigenvalue weighted by atomic mass is 79.9. The molecule has 2 rings (SSSR count). The molecule has 0 aliphatic rings. The van der Waals surface area contributed by atoms with Gasteiger partial charge in [0.2, 0.25) is 0 Å². The van der Waals surface area contributed by atoms with Gasteiger partial charge in [-0.05, 0) is 45.9 Å². The van der Waals surface area contributed by atoms with E-state index in [0.717, 1.165) is 15.0 Å². The van der Waals surface area contributed by atoms with Gasteiger partial charge in [-0.25, -0.2) is 0 Å². The van der Waals surface area contributed by atoms with Gasteiger partial charge in [0.05, 0.1) is 4.88 Å². The van der Waals surface area contributed by atoms with Crippen LogP contribution in [0, 0.1) is 0 Å². The molecule has 0 radical (unpaired) electrons. The number of pyridine rings is 1. The Morgan fingerprint density at radius 3 is 2.88 bits per heavy atom. The second kappa shape index (κ2) is 5.37. The number of hydrogen-bond acceptors (Lipinski definition) is 3. The normalized spacial score (nSPS) is 10.3. The van der Waals surface area contributed by atoms with Gasteiger partial charge in [-0.1, -0.05) is 6.07 Å². The highest BCUT2D eigenvalue weighted by Gasteiger charge is 2.11. The number of carbonyl (C=O) groups is 1. The van der Waals surface area contributed by atoms with Crippen molar-refractivity contribution in [2.24, 2.45) is 0 Å². The van der Waals surface area contributed by atoms with Gasteiger partial charge in [-0.2, -0.15) is 0 Å². The number of ketones is 1. The second-order valence-electron chi connectivity index (χ2n) is 3.34. The van der Waals surface area contributed by atoms with Gasteiger partial charge in [0.15, 0.2) is 5.78 Å². The second-order valence-corrected chi connectivity index (χ2v) is 5.11. The van der Waals surface area contributed by atoms with E-state index in [0.29, 0.717) is 12.8 Å². The minimum atomic E-state index is 0.174. The maximum absolute atomic E-state index is 11.9. The largest absolute Gasteiger partial charge is 0.293 e. The highest BCUT2D eigenvalue weighted by molar-refractivity contribution is 9.10. The first-order chi connectivity index (χ1) is 7.77. The van der Waals surface area contributed by atoms with Crippen LogP contribution in [0.2, 0.25) is 0 Å². The van der Waals surface area contributed by atoms with Crippen molar-refractivity contribution in [2.45, 2.75) is 12.8 Å². The fraction of sp³-hybridized carbons (Fsp3) is 0.167. The van der Waals surface area contributed by atoms with Crippen molar-refractivity contribution in [1.82, 2.24) is 4.98 Å². The third-order valence-corrected chi connectivity index (χ3v) is 4.08. The molecule has 0 aromatic carbocycles. The summed E-state index contributed by atoms with van der Waals surface area (Å²) in [5.41, 5.74) is 0.962. The van der Waals surface area contributed by atoms with Crippen LogP contribution in [-0.4, -0.2) is 10.8 Å². The van der Waals surface area contributed by atoms with Crippen LogP contribution in [-0.2, 0) is 6.42 Å². The van der Waals surface area contributed by atoms with E-state index in [-0.39, 0.29) is 5.78 Å². The lowest BCUT2D eigenvalue weighted by molar-refractivity contribution is 0.0986. The first-order valence-electron chi connectivity index (χ1n) is 4.93. The van der Waals surface area contributed by atoms with Crippen LogP contribution in [0.5, 0.6) is 0 Å². The van der Waals surface area contributed by atoms with E-state index in [4.69, 9.17) is 0 Å². The molecule has 2 nitrogen and oxygen atoms in total. The minimum Gasteiger partial charge on any atom is -0.293 e. The summed E-state index contributed by atoms with van der Waals surface area (Å²) in [5.74, 6) is 0.174. The zero-order chi connectivity index (χ0) is 11.4. The molecule has 0 spiro atoms. The topological polar surface area (TPSA) is 30.0 Å². The lowest BCUT2D eigenvalue weighted by atomic mass is 10.1. The van der Waals surface area contributed by atoms with Gasteiger partial charge in [0, 0.05) is 22.8 Å². The number of rotatable bonds is 4. The fourth-order valence-corrected chi connectivity index (χ4v) is 2.96. The number of thiophene rings is 1. The van der Waals surface area contributed by atoms with E-state index in [2.05, 4.69) is 20.9 Å². The minimum absolute atomic E-state index is 0.174. The molecule has 2 heterocycles. The summed E-state index contributed by atoms with van der Waals surface area (Å²) in [5, 5.41) is 1.91. The predicted octanol–water partition coefficient (Wildman–Crippen LogP) is 3.72. The van der Waals surface area contributed by atoms with E-state index in [1.54, 1.807) is 6.20 Å². The predicted molar refractivity (Wildman–Crippen MR) is 68.9 cm³/mol. The summed E-state index contributed by atoms with van der Waals surface area (Å²) in [6, 6.07) is 7.66. The standard InChI is InChI=1S/C12H10BrNOS/c13-10-6-8-16-12(10)11(15)5-4-9-3-1-2-7-14-9/h1-3,6-8H,4-5H2. The molecule has 2 aromatic heterocycles. The maximum Gasteiger partial charge on any atom is 0.174 e. The van der Waals surface area contributed by atoms with E-state index in [9.17, 15) is 4.79 Å². The summed E-state index contributed by atoms with van der Waals surface area (Å²) in [6.45, 7) is 0. The monoisotopic (exact) mass is 295 g/mol. The van der Waals surface area contributed by atoms with Crippen molar-refractivity contribution >= 4 is 33.0 Å². The quantitative estimate of drug-likeness (QED) is 0.805. The number of halogens is 1. The van der Waals surface area contributed by atoms with Gasteiger partial charge < -0.3 is 0 Å². The van der Waals surface area contributed by atoms with Crippen molar-refractivity contribution in [3.8, 4) is 0 Å². The first-order valence-corrected chi connectivity index (χ1v) is 6.61. The molecule has 16 heavy (non-hydrogen) atoms. The average molecular weight is 296 g/mol. The molecule has 0 unspecified atom stereocenters. The van der Waals surface area contributed by atoms with E-state index in [1.807, 2.05) is 29.6 Å². The zero-order valence-electron chi connectivity index (χ0n) is 8.52. The van der Waals surface area contributed by atoms with Crippen LogP contribution < -0.4 is 0 Å². The Hall–Kier alpha value is -1.00. The van der Waals surface area contributed by atoms with E-state index >= 15 is 0 Å². The van der Waals surface area contributed by atoms with Crippen LogP contribution in [0.15, 0.2) is 40.3 Å². The molecule has 4 heteroatoms. The Bertz CT molecular complexity index is 481. The van der Waals surface area contributed by atoms with Crippen LogP contribution in [0.25, 0.3) is 0 Å². The molecule has 0 bridgehead atoms. The zero-order valence-corrected chi connectivity index (χ0v) is 10.9. The Morgan fingerprint density at radius 1 is 1.38 bits per heavy atom. The van der Waals surface area contributed by atoms with Gasteiger partial charge in [0.25, 0.3) is 0 Å².